The summed E-state index contributed by atoms with van der Waals surface area (Å²) in [5.41, 5.74) is 9.16. The molecule has 7 heteroatoms. The van der Waals surface area contributed by atoms with E-state index in [0.29, 0.717) is 5.82 Å². The van der Waals surface area contributed by atoms with E-state index < -0.39 is 0 Å². The fraction of sp³-hybridized carbons (Fsp3) is 0.167. The number of aromatic nitrogens is 2. The summed E-state index contributed by atoms with van der Waals surface area (Å²) in [5, 5.41) is 11.5. The molecule has 0 bridgehead atoms. The monoisotopic (exact) mass is 308 g/mol. The van der Waals surface area contributed by atoms with Gasteiger partial charge in [-0.15, -0.1) is 11.3 Å². The van der Waals surface area contributed by atoms with Gasteiger partial charge < -0.3 is 11.1 Å². The Morgan fingerprint density at radius 1 is 1.37 bits per heavy atom. The summed E-state index contributed by atoms with van der Waals surface area (Å²) < 4.78 is 4.23. The highest BCUT2D eigenvalue weighted by Gasteiger charge is 2.16. The van der Waals surface area contributed by atoms with E-state index in [1.165, 1.54) is 17.1 Å². The molecule has 0 spiro atoms. The number of nitrogens with two attached hydrogens (primary N) is 1. The first-order valence-corrected chi connectivity index (χ1v) is 8.26. The minimum atomic E-state index is 0.548. The van der Waals surface area contributed by atoms with E-state index in [2.05, 4.69) is 31.5 Å². The third-order valence-electron chi connectivity index (χ3n) is 2.58. The Morgan fingerprint density at radius 2 is 2.26 bits per heavy atom. The molecule has 0 fully saturated rings. The van der Waals surface area contributed by atoms with Crippen LogP contribution in [-0.2, 0) is 6.54 Å². The Kier molecular flexibility index (Phi) is 3.50. The molecular formula is C12H12N4S3. The Balaban J connectivity index is 1.86. The van der Waals surface area contributed by atoms with Crippen molar-refractivity contribution >= 4 is 45.0 Å². The highest BCUT2D eigenvalue weighted by molar-refractivity contribution is 7.15. The fourth-order valence-corrected chi connectivity index (χ4v) is 3.97. The Hall–Kier alpha value is -1.44. The molecular weight excluding hydrogens is 296 g/mol. The molecule has 4 nitrogen and oxygen atoms in total. The second-order valence-corrected chi connectivity index (χ2v) is 6.46. The van der Waals surface area contributed by atoms with Crippen LogP contribution in [0.1, 0.15) is 11.3 Å². The van der Waals surface area contributed by atoms with Crippen LogP contribution in [0.3, 0.4) is 0 Å². The number of anilines is 2. The molecule has 0 atom stereocenters. The third kappa shape index (κ3) is 2.63. The predicted molar refractivity (Wildman–Crippen MR) is 84.0 cm³/mol. The van der Waals surface area contributed by atoms with Gasteiger partial charge in [0.15, 0.2) is 0 Å². The Bertz CT molecular complexity index is 669. The maximum Gasteiger partial charge on any atom is 0.149 e. The lowest BCUT2D eigenvalue weighted by molar-refractivity contribution is 1.18. The molecule has 0 aliphatic rings. The number of nitrogens with one attached hydrogen (secondary N) is 1. The minimum absolute atomic E-state index is 0.548. The summed E-state index contributed by atoms with van der Waals surface area (Å²) in [6.07, 6.45) is 0. The van der Waals surface area contributed by atoms with Gasteiger partial charge in [0, 0.05) is 17.6 Å². The van der Waals surface area contributed by atoms with Gasteiger partial charge in [-0.25, -0.2) is 4.98 Å². The van der Waals surface area contributed by atoms with Gasteiger partial charge in [0.2, 0.25) is 0 Å². The number of nitrogen functional groups attached to an aromatic ring is 1. The van der Waals surface area contributed by atoms with E-state index >= 15 is 0 Å². The highest BCUT2D eigenvalue weighted by Crippen LogP contribution is 2.38. The summed E-state index contributed by atoms with van der Waals surface area (Å²) in [5.74, 6) is 0.548. The molecule has 3 aromatic rings. The van der Waals surface area contributed by atoms with Crippen LogP contribution in [0.5, 0.6) is 0 Å². The molecule has 0 saturated carbocycles. The average molecular weight is 308 g/mol. The van der Waals surface area contributed by atoms with E-state index in [1.807, 2.05) is 12.3 Å². The molecule has 0 amide bonds. The number of nitrogens with zero attached hydrogens (tertiary/aromatic N) is 2. The Labute approximate surface area is 123 Å². The standard InChI is InChI=1S/C12H12N4S3/c1-7-5-18-12(15-7)9-10(13)16-19-11(9)14-4-8-2-3-17-6-8/h2-3,5-6,14H,4H2,1H3,(H2,13,16). The van der Waals surface area contributed by atoms with Crippen LogP contribution >= 0.6 is 34.2 Å². The zero-order chi connectivity index (χ0) is 13.2. The van der Waals surface area contributed by atoms with Crippen molar-refractivity contribution in [2.75, 3.05) is 11.1 Å². The summed E-state index contributed by atoms with van der Waals surface area (Å²) in [6.45, 7) is 2.76. The average Bonchev–Trinajstić information content (AvgIpc) is 3.08. The fourth-order valence-electron chi connectivity index (χ4n) is 1.67. The molecule has 19 heavy (non-hydrogen) atoms. The molecule has 3 N–H and O–H groups in total. The zero-order valence-corrected chi connectivity index (χ0v) is 12.7. The van der Waals surface area contributed by atoms with Gasteiger partial charge in [0.25, 0.3) is 0 Å². The van der Waals surface area contributed by atoms with Crippen LogP contribution in [0, 0.1) is 6.92 Å². The largest absolute Gasteiger partial charge is 0.382 e. The van der Waals surface area contributed by atoms with Gasteiger partial charge in [-0.2, -0.15) is 15.7 Å². The van der Waals surface area contributed by atoms with Crippen LogP contribution < -0.4 is 11.1 Å². The molecule has 98 valence electrons. The normalized spacial score (nSPS) is 10.8. The van der Waals surface area contributed by atoms with Gasteiger partial charge in [-0.05, 0) is 40.8 Å². The molecule has 3 aromatic heterocycles. The van der Waals surface area contributed by atoms with E-state index in [4.69, 9.17) is 5.73 Å². The number of hydrogen-bond donors (Lipinski definition) is 2. The SMILES string of the molecule is Cc1csc(-c2c(N)nsc2NCc2ccsc2)n1. The van der Waals surface area contributed by atoms with Crippen molar-refractivity contribution in [2.45, 2.75) is 13.5 Å². The minimum Gasteiger partial charge on any atom is -0.382 e. The van der Waals surface area contributed by atoms with E-state index in [9.17, 15) is 0 Å². The third-order valence-corrected chi connectivity index (χ3v) is 5.11. The van der Waals surface area contributed by atoms with Crippen LogP contribution in [0.25, 0.3) is 10.6 Å². The second kappa shape index (κ2) is 5.28. The van der Waals surface area contributed by atoms with Crippen molar-refractivity contribution in [1.29, 1.82) is 0 Å². The summed E-state index contributed by atoms with van der Waals surface area (Å²) in [6, 6.07) is 2.11. The highest BCUT2D eigenvalue weighted by atomic mass is 32.1. The molecule has 0 aliphatic carbocycles. The molecule has 3 heterocycles. The van der Waals surface area contributed by atoms with Gasteiger partial charge in [-0.3, -0.25) is 0 Å². The van der Waals surface area contributed by atoms with Gasteiger partial charge in [0.1, 0.15) is 15.8 Å². The van der Waals surface area contributed by atoms with Gasteiger partial charge in [-0.1, -0.05) is 0 Å². The maximum absolute atomic E-state index is 5.96. The first kappa shape index (κ1) is 12.6. The number of hydrogen-bond acceptors (Lipinski definition) is 7. The topological polar surface area (TPSA) is 63.8 Å². The lowest BCUT2D eigenvalue weighted by Gasteiger charge is -2.04. The number of thiophene rings is 1. The molecule has 0 unspecified atom stereocenters. The van der Waals surface area contributed by atoms with Crippen molar-refractivity contribution in [1.82, 2.24) is 9.36 Å². The number of rotatable bonds is 4. The molecule has 0 aromatic carbocycles. The molecule has 3 rings (SSSR count). The number of thiazole rings is 1. The van der Waals surface area contributed by atoms with Gasteiger partial charge >= 0.3 is 0 Å². The van der Waals surface area contributed by atoms with E-state index in [1.54, 1.807) is 22.7 Å². The van der Waals surface area contributed by atoms with Crippen molar-refractivity contribution in [3.63, 3.8) is 0 Å². The van der Waals surface area contributed by atoms with Crippen LogP contribution in [0.4, 0.5) is 10.8 Å². The van der Waals surface area contributed by atoms with Crippen LogP contribution in [0.15, 0.2) is 22.2 Å². The summed E-state index contributed by atoms with van der Waals surface area (Å²) in [7, 11) is 0. The first-order valence-electron chi connectivity index (χ1n) is 5.66. The van der Waals surface area contributed by atoms with E-state index in [-0.39, 0.29) is 0 Å². The molecule has 0 saturated heterocycles. The quantitative estimate of drug-likeness (QED) is 0.769. The smallest absolute Gasteiger partial charge is 0.149 e. The zero-order valence-electron chi connectivity index (χ0n) is 10.2. The predicted octanol–water partition coefficient (Wildman–Crippen LogP) is 3.83. The summed E-state index contributed by atoms with van der Waals surface area (Å²) in [4.78, 5) is 4.49. The summed E-state index contributed by atoms with van der Waals surface area (Å²) >= 11 is 4.68. The first-order chi connectivity index (χ1) is 9.24. The molecule has 0 radical (unpaired) electrons. The van der Waals surface area contributed by atoms with Crippen LogP contribution in [0.2, 0.25) is 0 Å². The number of aryl methyl sites for hydroxylation is 1. The van der Waals surface area contributed by atoms with Crippen LogP contribution in [-0.4, -0.2) is 9.36 Å². The Morgan fingerprint density at radius 3 is 2.95 bits per heavy atom. The van der Waals surface area contributed by atoms with Crippen molar-refractivity contribution < 1.29 is 0 Å². The van der Waals surface area contributed by atoms with Crippen molar-refractivity contribution in [3.8, 4) is 10.6 Å². The van der Waals surface area contributed by atoms with Crippen molar-refractivity contribution in [2.24, 2.45) is 0 Å². The lowest BCUT2D eigenvalue weighted by Crippen LogP contribution is -1.98. The second-order valence-electron chi connectivity index (χ2n) is 4.05. The molecule has 0 aliphatic heterocycles. The van der Waals surface area contributed by atoms with E-state index in [0.717, 1.165) is 27.8 Å². The van der Waals surface area contributed by atoms with Gasteiger partial charge in [0.05, 0.1) is 5.56 Å². The lowest BCUT2D eigenvalue weighted by atomic mass is 10.3. The maximum atomic E-state index is 5.96. The van der Waals surface area contributed by atoms with Crippen molar-refractivity contribution in [3.05, 3.63) is 33.5 Å².